The van der Waals surface area contributed by atoms with Crippen molar-refractivity contribution in [3.63, 3.8) is 0 Å². The van der Waals surface area contributed by atoms with Gasteiger partial charge in [0.05, 0.1) is 18.1 Å². The molecule has 0 aliphatic heterocycles. The van der Waals surface area contributed by atoms with Gasteiger partial charge in [-0.15, -0.1) is 11.8 Å². The van der Waals surface area contributed by atoms with Gasteiger partial charge in [0.25, 0.3) is 0 Å². The molecule has 104 valence electrons. The van der Waals surface area contributed by atoms with Crippen LogP contribution in [0.25, 0.3) is 0 Å². The third-order valence-electron chi connectivity index (χ3n) is 2.65. The highest BCUT2D eigenvalue weighted by Gasteiger charge is 2.18. The fourth-order valence-corrected chi connectivity index (χ4v) is 2.72. The van der Waals surface area contributed by atoms with Gasteiger partial charge in [0, 0.05) is 5.75 Å². The summed E-state index contributed by atoms with van der Waals surface area (Å²) in [7, 11) is 0. The van der Waals surface area contributed by atoms with Crippen LogP contribution in [0.2, 0.25) is 5.15 Å². The molecule has 1 N–H and O–H groups in total. The molecule has 1 aromatic carbocycles. The molecule has 2 rings (SSSR count). The molecule has 6 heteroatoms. The van der Waals surface area contributed by atoms with Crippen LogP contribution >= 0.6 is 23.4 Å². The third-order valence-corrected chi connectivity index (χ3v) is 4.07. The number of benzene rings is 1. The lowest BCUT2D eigenvalue weighted by Crippen LogP contribution is -2.19. The minimum absolute atomic E-state index is 0.331. The molecule has 0 radical (unpaired) electrons. The molecule has 0 aliphatic rings. The van der Waals surface area contributed by atoms with E-state index in [1.54, 1.807) is 6.20 Å². The Kier molecular flexibility index (Phi) is 5.38. The SMILES string of the molecule is O=C(O)C(Cc1ccccc1)SCc1cnc(Cl)cn1. The molecule has 2 aromatic rings. The standard InChI is InChI=1S/C14H13ClN2O2S/c15-13-8-16-11(7-17-13)9-20-12(14(18)19)6-10-4-2-1-3-5-10/h1-5,7-8,12H,6,9H2,(H,18,19). The zero-order valence-corrected chi connectivity index (χ0v) is 12.1. The van der Waals surface area contributed by atoms with Crippen molar-refractivity contribution in [1.82, 2.24) is 9.97 Å². The van der Waals surface area contributed by atoms with Crippen LogP contribution < -0.4 is 0 Å². The van der Waals surface area contributed by atoms with Gasteiger partial charge < -0.3 is 5.11 Å². The van der Waals surface area contributed by atoms with Gasteiger partial charge in [-0.1, -0.05) is 41.9 Å². The highest BCUT2D eigenvalue weighted by Crippen LogP contribution is 2.21. The van der Waals surface area contributed by atoms with Gasteiger partial charge in [-0.3, -0.25) is 9.78 Å². The first-order chi connectivity index (χ1) is 9.65. The van der Waals surface area contributed by atoms with E-state index in [1.165, 1.54) is 18.0 Å². The molecule has 0 aliphatic carbocycles. The normalized spacial score (nSPS) is 12.1. The maximum atomic E-state index is 11.3. The zero-order valence-electron chi connectivity index (χ0n) is 10.6. The lowest BCUT2D eigenvalue weighted by molar-refractivity contribution is -0.136. The quantitative estimate of drug-likeness (QED) is 0.888. The number of aliphatic carboxylic acids is 1. The number of hydrogen-bond acceptors (Lipinski definition) is 4. The average molecular weight is 309 g/mol. The molecule has 20 heavy (non-hydrogen) atoms. The maximum absolute atomic E-state index is 11.3. The lowest BCUT2D eigenvalue weighted by Gasteiger charge is -2.11. The van der Waals surface area contributed by atoms with Crippen LogP contribution in [0.5, 0.6) is 0 Å². The van der Waals surface area contributed by atoms with Gasteiger partial charge in [-0.05, 0) is 12.0 Å². The highest BCUT2D eigenvalue weighted by molar-refractivity contribution is 7.99. The molecule has 0 fully saturated rings. The second kappa shape index (κ2) is 7.26. The van der Waals surface area contributed by atoms with Crippen molar-refractivity contribution in [2.45, 2.75) is 17.4 Å². The summed E-state index contributed by atoms with van der Waals surface area (Å²) in [6.07, 6.45) is 3.52. The van der Waals surface area contributed by atoms with E-state index in [9.17, 15) is 9.90 Å². The molecule has 0 amide bonds. The van der Waals surface area contributed by atoms with Gasteiger partial charge in [-0.2, -0.15) is 0 Å². The highest BCUT2D eigenvalue weighted by atomic mass is 35.5. The monoisotopic (exact) mass is 308 g/mol. The topological polar surface area (TPSA) is 63.1 Å². The predicted molar refractivity (Wildman–Crippen MR) is 79.9 cm³/mol. The Bertz CT molecular complexity index is 563. The second-order valence-corrected chi connectivity index (χ2v) is 5.74. The number of rotatable bonds is 6. The summed E-state index contributed by atoms with van der Waals surface area (Å²) < 4.78 is 0. The zero-order chi connectivity index (χ0) is 14.4. The van der Waals surface area contributed by atoms with Gasteiger partial charge in [-0.25, -0.2) is 4.98 Å². The van der Waals surface area contributed by atoms with Crippen LogP contribution in [0.4, 0.5) is 0 Å². The van der Waals surface area contributed by atoms with Crippen LogP contribution in [-0.2, 0) is 17.0 Å². The Morgan fingerprint density at radius 1 is 1.25 bits per heavy atom. The molecular formula is C14H13ClN2O2S. The van der Waals surface area contributed by atoms with E-state index in [0.717, 1.165) is 11.3 Å². The van der Waals surface area contributed by atoms with Gasteiger partial charge >= 0.3 is 5.97 Å². The van der Waals surface area contributed by atoms with Crippen LogP contribution in [0.3, 0.4) is 0 Å². The van der Waals surface area contributed by atoms with Crippen molar-refractivity contribution in [2.75, 3.05) is 0 Å². The van der Waals surface area contributed by atoms with Crippen LogP contribution in [-0.4, -0.2) is 26.3 Å². The number of halogens is 1. The molecule has 0 saturated carbocycles. The van der Waals surface area contributed by atoms with Crippen molar-refractivity contribution in [3.05, 3.63) is 59.1 Å². The number of carboxylic acids is 1. The number of carbonyl (C=O) groups is 1. The first-order valence-corrected chi connectivity index (χ1v) is 7.42. The largest absolute Gasteiger partial charge is 0.480 e. The Morgan fingerprint density at radius 3 is 2.60 bits per heavy atom. The molecule has 1 unspecified atom stereocenters. The van der Waals surface area contributed by atoms with Gasteiger partial charge in [0.1, 0.15) is 10.4 Å². The first-order valence-electron chi connectivity index (χ1n) is 6.00. The molecule has 0 bridgehead atoms. The fraction of sp³-hybridized carbons (Fsp3) is 0.214. The predicted octanol–water partition coefficient (Wildman–Crippen LogP) is 3.06. The van der Waals surface area contributed by atoms with E-state index in [4.69, 9.17) is 11.6 Å². The third kappa shape index (κ3) is 4.51. The Morgan fingerprint density at radius 2 is 2.00 bits per heavy atom. The number of hydrogen-bond donors (Lipinski definition) is 1. The van der Waals surface area contributed by atoms with Crippen LogP contribution in [0.1, 0.15) is 11.3 Å². The van der Waals surface area contributed by atoms with Crippen molar-refractivity contribution in [1.29, 1.82) is 0 Å². The number of aromatic nitrogens is 2. The summed E-state index contributed by atoms with van der Waals surface area (Å²) in [5, 5.41) is 9.11. The fourth-order valence-electron chi connectivity index (χ4n) is 1.65. The number of nitrogens with zero attached hydrogens (tertiary/aromatic N) is 2. The minimum atomic E-state index is -0.819. The summed E-state index contributed by atoms with van der Waals surface area (Å²) in [6.45, 7) is 0. The molecule has 1 aromatic heterocycles. The smallest absolute Gasteiger partial charge is 0.316 e. The van der Waals surface area contributed by atoms with E-state index in [1.807, 2.05) is 30.3 Å². The van der Waals surface area contributed by atoms with Crippen LogP contribution in [0, 0.1) is 0 Å². The summed E-state index contributed by atoms with van der Waals surface area (Å²) in [5.41, 5.74) is 1.73. The maximum Gasteiger partial charge on any atom is 0.316 e. The summed E-state index contributed by atoms with van der Waals surface area (Å²) in [6, 6.07) is 9.58. The Balaban J connectivity index is 1.96. The van der Waals surface area contributed by atoms with Gasteiger partial charge in [0.2, 0.25) is 0 Å². The molecule has 1 atom stereocenters. The van der Waals surface area contributed by atoms with Crippen molar-refractivity contribution in [3.8, 4) is 0 Å². The number of thioether (sulfide) groups is 1. The van der Waals surface area contributed by atoms with E-state index < -0.39 is 11.2 Å². The number of carboxylic acid groups (broad SMARTS) is 1. The Labute approximate surface area is 126 Å². The van der Waals surface area contributed by atoms with E-state index in [2.05, 4.69) is 9.97 Å². The summed E-state index contributed by atoms with van der Waals surface area (Å²) in [5.74, 6) is -0.325. The van der Waals surface area contributed by atoms with E-state index >= 15 is 0 Å². The second-order valence-electron chi connectivity index (χ2n) is 4.16. The summed E-state index contributed by atoms with van der Waals surface area (Å²) in [4.78, 5) is 19.3. The van der Waals surface area contributed by atoms with E-state index in [-0.39, 0.29) is 0 Å². The van der Waals surface area contributed by atoms with Gasteiger partial charge in [0.15, 0.2) is 0 Å². The molecule has 0 spiro atoms. The molecular weight excluding hydrogens is 296 g/mol. The van der Waals surface area contributed by atoms with Crippen molar-refractivity contribution < 1.29 is 9.90 Å². The van der Waals surface area contributed by atoms with Crippen molar-refractivity contribution >= 4 is 29.3 Å². The van der Waals surface area contributed by atoms with E-state index in [0.29, 0.717) is 17.3 Å². The van der Waals surface area contributed by atoms with Crippen molar-refractivity contribution in [2.24, 2.45) is 0 Å². The molecule has 1 heterocycles. The minimum Gasteiger partial charge on any atom is -0.480 e. The van der Waals surface area contributed by atoms with Crippen LogP contribution in [0.15, 0.2) is 42.7 Å². The molecule has 0 saturated heterocycles. The average Bonchev–Trinajstić information content (AvgIpc) is 2.46. The first kappa shape index (κ1) is 14.8. The lowest BCUT2D eigenvalue weighted by atomic mass is 10.1. The summed E-state index contributed by atoms with van der Waals surface area (Å²) >= 11 is 7.00. The molecule has 4 nitrogen and oxygen atoms in total. The Hall–Kier alpha value is -1.59.